The molecule has 0 bridgehead atoms. The van der Waals surface area contributed by atoms with Crippen LogP contribution in [0.15, 0.2) is 11.6 Å². The van der Waals surface area contributed by atoms with Crippen LogP contribution in [0.3, 0.4) is 0 Å². The number of carbonyl (C=O) groups excluding carboxylic acids is 2. The van der Waals surface area contributed by atoms with E-state index in [4.69, 9.17) is 4.74 Å². The summed E-state index contributed by atoms with van der Waals surface area (Å²) >= 11 is 0. The Morgan fingerprint density at radius 1 is 1.46 bits per heavy atom. The van der Waals surface area contributed by atoms with Crippen molar-refractivity contribution in [1.29, 1.82) is 0 Å². The zero-order valence-electron chi connectivity index (χ0n) is 7.21. The van der Waals surface area contributed by atoms with Crippen LogP contribution in [0.5, 0.6) is 0 Å². The molecule has 13 heavy (non-hydrogen) atoms. The number of rotatable bonds is 1. The van der Waals surface area contributed by atoms with E-state index < -0.39 is 0 Å². The molecule has 0 aromatic carbocycles. The van der Waals surface area contributed by atoms with Gasteiger partial charge in [-0.1, -0.05) is 6.08 Å². The molecule has 0 aromatic heterocycles. The summed E-state index contributed by atoms with van der Waals surface area (Å²) in [6.07, 6.45) is 3.05. The highest BCUT2D eigenvalue weighted by Crippen LogP contribution is 2.19. The van der Waals surface area contributed by atoms with E-state index in [-0.39, 0.29) is 18.2 Å². The van der Waals surface area contributed by atoms with Crippen LogP contribution in [0.25, 0.3) is 0 Å². The predicted octanol–water partition coefficient (Wildman–Crippen LogP) is -0.00420. The average Bonchev–Trinajstić information content (AvgIpc) is 2.63. The fourth-order valence-corrected chi connectivity index (χ4v) is 1.61. The van der Waals surface area contributed by atoms with Gasteiger partial charge >= 0.3 is 0 Å². The van der Waals surface area contributed by atoms with Crippen LogP contribution >= 0.6 is 0 Å². The van der Waals surface area contributed by atoms with Crippen molar-refractivity contribution in [2.24, 2.45) is 5.92 Å². The highest BCUT2D eigenvalue weighted by Gasteiger charge is 2.25. The summed E-state index contributed by atoms with van der Waals surface area (Å²) in [5, 5.41) is 2.25. The van der Waals surface area contributed by atoms with E-state index in [1.54, 1.807) is 0 Å². The van der Waals surface area contributed by atoms with Crippen LogP contribution in [0.4, 0.5) is 0 Å². The van der Waals surface area contributed by atoms with Gasteiger partial charge in [0.2, 0.25) is 5.91 Å². The molecule has 0 radical (unpaired) electrons. The molecule has 0 spiro atoms. The number of hydrogen-bond acceptors (Lipinski definition) is 3. The molecule has 4 heteroatoms. The van der Waals surface area contributed by atoms with E-state index in [1.807, 2.05) is 6.08 Å². The highest BCUT2D eigenvalue weighted by molar-refractivity contribution is 6.13. The van der Waals surface area contributed by atoms with Gasteiger partial charge in [-0.3, -0.25) is 14.9 Å². The van der Waals surface area contributed by atoms with Gasteiger partial charge in [0.05, 0.1) is 13.0 Å². The second-order valence-corrected chi connectivity index (χ2v) is 3.37. The first-order chi connectivity index (χ1) is 6.25. The number of carbonyl (C=O) groups is 2. The summed E-state index contributed by atoms with van der Waals surface area (Å²) in [5.41, 5.74) is 0.598. The van der Waals surface area contributed by atoms with Crippen molar-refractivity contribution >= 4 is 11.8 Å². The Kier molecular flexibility index (Phi) is 2.14. The summed E-state index contributed by atoms with van der Waals surface area (Å²) in [6, 6.07) is 0. The van der Waals surface area contributed by atoms with Crippen LogP contribution in [0.1, 0.15) is 12.8 Å². The van der Waals surface area contributed by atoms with Crippen LogP contribution in [-0.2, 0) is 14.3 Å². The lowest BCUT2D eigenvalue weighted by molar-refractivity contribution is -0.124. The summed E-state index contributed by atoms with van der Waals surface area (Å²) < 4.78 is 5.17. The minimum atomic E-state index is -0.239. The summed E-state index contributed by atoms with van der Waals surface area (Å²) in [7, 11) is 0. The van der Waals surface area contributed by atoms with E-state index in [2.05, 4.69) is 5.32 Å². The van der Waals surface area contributed by atoms with Crippen molar-refractivity contribution in [3.8, 4) is 0 Å². The van der Waals surface area contributed by atoms with Crippen LogP contribution in [0, 0.1) is 5.92 Å². The quantitative estimate of drug-likeness (QED) is 0.457. The molecule has 2 rings (SSSR count). The lowest BCUT2D eigenvalue weighted by atomic mass is 10.0. The smallest absolute Gasteiger partial charge is 0.253 e. The normalized spacial score (nSPS) is 31.4. The molecular formula is C9H11NO3. The van der Waals surface area contributed by atoms with Gasteiger partial charge in [-0.05, 0) is 6.42 Å². The Balaban J connectivity index is 2.06. The molecule has 2 amide bonds. The Morgan fingerprint density at radius 2 is 2.31 bits per heavy atom. The van der Waals surface area contributed by atoms with Gasteiger partial charge in [0, 0.05) is 18.1 Å². The molecule has 2 heterocycles. The second kappa shape index (κ2) is 3.30. The summed E-state index contributed by atoms with van der Waals surface area (Å²) in [4.78, 5) is 22.0. The molecule has 1 atom stereocenters. The average molecular weight is 181 g/mol. The molecule has 1 N–H and O–H groups in total. The van der Waals surface area contributed by atoms with Gasteiger partial charge in [0.1, 0.15) is 0 Å². The topological polar surface area (TPSA) is 55.4 Å². The third kappa shape index (κ3) is 1.78. The molecule has 2 fully saturated rings. The van der Waals surface area contributed by atoms with Crippen LogP contribution in [0.2, 0.25) is 0 Å². The molecule has 0 aliphatic carbocycles. The van der Waals surface area contributed by atoms with Crippen LogP contribution < -0.4 is 5.32 Å². The summed E-state index contributed by atoms with van der Waals surface area (Å²) in [6.45, 7) is 1.43. The van der Waals surface area contributed by atoms with E-state index in [0.717, 1.165) is 13.0 Å². The maximum absolute atomic E-state index is 11.1. The van der Waals surface area contributed by atoms with Crippen molar-refractivity contribution in [1.82, 2.24) is 5.32 Å². The Morgan fingerprint density at radius 3 is 2.85 bits per heavy atom. The molecule has 1 unspecified atom stereocenters. The van der Waals surface area contributed by atoms with Crippen LogP contribution in [-0.4, -0.2) is 25.0 Å². The fourth-order valence-electron chi connectivity index (χ4n) is 1.61. The fraction of sp³-hybridized carbons (Fsp3) is 0.556. The maximum Gasteiger partial charge on any atom is 0.253 e. The van der Waals surface area contributed by atoms with Crippen molar-refractivity contribution in [2.45, 2.75) is 12.8 Å². The highest BCUT2D eigenvalue weighted by atomic mass is 16.5. The predicted molar refractivity (Wildman–Crippen MR) is 44.8 cm³/mol. The molecule has 4 nitrogen and oxygen atoms in total. The zero-order valence-corrected chi connectivity index (χ0v) is 7.21. The van der Waals surface area contributed by atoms with E-state index in [9.17, 15) is 9.59 Å². The van der Waals surface area contributed by atoms with E-state index >= 15 is 0 Å². The van der Waals surface area contributed by atoms with Gasteiger partial charge in [-0.2, -0.15) is 0 Å². The Labute approximate surface area is 75.9 Å². The van der Waals surface area contributed by atoms with Crippen molar-refractivity contribution in [3.05, 3.63) is 11.6 Å². The molecule has 2 aliphatic heterocycles. The second-order valence-electron chi connectivity index (χ2n) is 3.37. The standard InChI is InChI=1S/C9H11NO3/c11-8-4-7(9(12)10-8)3-6-1-2-13-5-6/h3,6H,1-2,4-5H2,(H,10,11,12)/b7-3-. The first-order valence-electron chi connectivity index (χ1n) is 4.38. The SMILES string of the molecule is O=C1C/C(=C/C2CCOC2)C(=O)N1. The monoisotopic (exact) mass is 181 g/mol. The van der Waals surface area contributed by atoms with Gasteiger partial charge in [-0.25, -0.2) is 0 Å². The lowest BCUT2D eigenvalue weighted by Crippen LogP contribution is -2.19. The van der Waals surface area contributed by atoms with E-state index in [0.29, 0.717) is 18.1 Å². The number of ether oxygens (including phenoxy) is 1. The van der Waals surface area contributed by atoms with Gasteiger partial charge in [0.25, 0.3) is 5.91 Å². The number of amides is 2. The number of hydrogen-bond donors (Lipinski definition) is 1. The van der Waals surface area contributed by atoms with Crippen molar-refractivity contribution < 1.29 is 14.3 Å². The van der Waals surface area contributed by atoms with Gasteiger partial charge in [0.15, 0.2) is 0 Å². The first kappa shape index (κ1) is 8.44. The molecular weight excluding hydrogens is 170 g/mol. The Hall–Kier alpha value is -1.16. The van der Waals surface area contributed by atoms with Gasteiger partial charge < -0.3 is 4.74 Å². The molecule has 2 aliphatic rings. The Bertz CT molecular complexity index is 277. The van der Waals surface area contributed by atoms with Gasteiger partial charge in [-0.15, -0.1) is 0 Å². The molecule has 70 valence electrons. The third-order valence-corrected chi connectivity index (χ3v) is 2.30. The number of nitrogens with one attached hydrogen (secondary N) is 1. The minimum absolute atomic E-state index is 0.199. The maximum atomic E-state index is 11.1. The largest absolute Gasteiger partial charge is 0.381 e. The lowest BCUT2D eigenvalue weighted by Gasteiger charge is -1.99. The van der Waals surface area contributed by atoms with E-state index in [1.165, 1.54) is 0 Å². The van der Waals surface area contributed by atoms with Crippen molar-refractivity contribution in [2.75, 3.05) is 13.2 Å². The molecule has 2 saturated heterocycles. The molecule has 0 aromatic rings. The first-order valence-corrected chi connectivity index (χ1v) is 4.38. The molecule has 0 saturated carbocycles. The zero-order chi connectivity index (χ0) is 9.26. The number of imide groups is 1. The van der Waals surface area contributed by atoms with Crippen molar-refractivity contribution in [3.63, 3.8) is 0 Å². The third-order valence-electron chi connectivity index (χ3n) is 2.30. The minimum Gasteiger partial charge on any atom is -0.381 e. The summed E-state index contributed by atoms with van der Waals surface area (Å²) in [5.74, 6) is -0.126.